The van der Waals surface area contributed by atoms with E-state index in [-0.39, 0.29) is 17.5 Å². The van der Waals surface area contributed by atoms with Gasteiger partial charge in [-0.25, -0.2) is 8.42 Å². The van der Waals surface area contributed by atoms with Gasteiger partial charge in [0, 0.05) is 24.8 Å². The second-order valence-corrected chi connectivity index (χ2v) is 7.95. The van der Waals surface area contributed by atoms with Gasteiger partial charge in [0.05, 0.1) is 11.5 Å². The Hall–Kier alpha value is -1.07. The zero-order valence-corrected chi connectivity index (χ0v) is 13.1. The molecule has 5 heteroatoms. The summed E-state index contributed by atoms with van der Waals surface area (Å²) in [7, 11) is -2.84. The third-order valence-corrected chi connectivity index (χ3v) is 5.54. The van der Waals surface area contributed by atoms with Gasteiger partial charge in [-0.3, -0.25) is 0 Å². The minimum absolute atomic E-state index is 0.157. The van der Waals surface area contributed by atoms with Crippen molar-refractivity contribution in [1.29, 1.82) is 0 Å². The zero-order chi connectivity index (χ0) is 14.8. The van der Waals surface area contributed by atoms with Crippen LogP contribution in [-0.2, 0) is 16.3 Å². The first-order valence-corrected chi connectivity index (χ1v) is 9.04. The highest BCUT2D eigenvalue weighted by Crippen LogP contribution is 2.25. The summed E-state index contributed by atoms with van der Waals surface area (Å²) in [6.45, 7) is 5.33. The van der Waals surface area contributed by atoms with Crippen LogP contribution in [0.2, 0.25) is 0 Å². The van der Waals surface area contributed by atoms with Gasteiger partial charge in [-0.05, 0) is 31.4 Å². The molecule has 1 saturated heterocycles. The van der Waals surface area contributed by atoms with Gasteiger partial charge < -0.3 is 10.6 Å². The quantitative estimate of drug-likeness (QED) is 0.915. The first kappa shape index (κ1) is 15.3. The van der Waals surface area contributed by atoms with Crippen molar-refractivity contribution < 1.29 is 8.42 Å². The maximum Gasteiger partial charge on any atom is 0.153 e. The summed E-state index contributed by atoms with van der Waals surface area (Å²) in [4.78, 5) is 2.18. The molecule has 1 unspecified atom stereocenters. The molecule has 1 fully saturated rings. The molecule has 112 valence electrons. The molecular weight excluding hydrogens is 272 g/mol. The van der Waals surface area contributed by atoms with Crippen LogP contribution in [0.25, 0.3) is 0 Å². The summed E-state index contributed by atoms with van der Waals surface area (Å²) in [5.74, 6) is 0.500. The standard InChI is InChI=1S/C15H24N2O2S/c1-3-14(16)11-13-10-12(2)4-5-15(13)17-6-8-20(18,19)9-7-17/h4-5,10,14H,3,6-9,11,16H2,1-2H3. The van der Waals surface area contributed by atoms with Crippen LogP contribution in [0.5, 0.6) is 0 Å². The molecule has 1 atom stereocenters. The molecule has 1 aliphatic rings. The van der Waals surface area contributed by atoms with Crippen LogP contribution in [0.3, 0.4) is 0 Å². The number of sulfone groups is 1. The molecule has 0 amide bonds. The van der Waals surface area contributed by atoms with Crippen molar-refractivity contribution >= 4 is 15.5 Å². The fourth-order valence-corrected chi connectivity index (χ4v) is 3.77. The van der Waals surface area contributed by atoms with Gasteiger partial charge in [-0.15, -0.1) is 0 Å². The van der Waals surface area contributed by atoms with Gasteiger partial charge >= 0.3 is 0 Å². The van der Waals surface area contributed by atoms with E-state index in [0.29, 0.717) is 13.1 Å². The summed E-state index contributed by atoms with van der Waals surface area (Å²) >= 11 is 0. The Balaban J connectivity index is 2.22. The van der Waals surface area contributed by atoms with E-state index in [1.165, 1.54) is 11.1 Å². The Bertz CT molecular complexity index is 555. The predicted molar refractivity (Wildman–Crippen MR) is 84.0 cm³/mol. The Labute approximate surface area is 121 Å². The van der Waals surface area contributed by atoms with Crippen molar-refractivity contribution in [2.24, 2.45) is 5.73 Å². The molecule has 20 heavy (non-hydrogen) atoms. The lowest BCUT2D eigenvalue weighted by Gasteiger charge is -2.31. The fraction of sp³-hybridized carbons (Fsp3) is 0.600. The predicted octanol–water partition coefficient (Wildman–Crippen LogP) is 1.51. The molecule has 0 aromatic heterocycles. The van der Waals surface area contributed by atoms with Gasteiger partial charge in [-0.2, -0.15) is 0 Å². The molecule has 4 nitrogen and oxygen atoms in total. The van der Waals surface area contributed by atoms with E-state index in [0.717, 1.165) is 18.5 Å². The van der Waals surface area contributed by atoms with E-state index < -0.39 is 9.84 Å². The number of rotatable bonds is 4. The minimum atomic E-state index is -2.84. The maximum atomic E-state index is 11.5. The second-order valence-electron chi connectivity index (χ2n) is 5.64. The summed E-state index contributed by atoms with van der Waals surface area (Å²) < 4.78 is 23.1. The maximum absolute atomic E-state index is 11.5. The number of nitrogens with two attached hydrogens (primary N) is 1. The van der Waals surface area contributed by atoms with Gasteiger partial charge in [0.1, 0.15) is 0 Å². The topological polar surface area (TPSA) is 63.4 Å². The lowest BCUT2D eigenvalue weighted by Crippen LogP contribution is -2.41. The van der Waals surface area contributed by atoms with Gasteiger partial charge in [0.25, 0.3) is 0 Å². The number of hydrogen-bond acceptors (Lipinski definition) is 4. The highest BCUT2D eigenvalue weighted by molar-refractivity contribution is 7.91. The monoisotopic (exact) mass is 296 g/mol. The molecule has 1 aromatic carbocycles. The minimum Gasteiger partial charge on any atom is -0.369 e. The number of benzene rings is 1. The molecule has 2 rings (SSSR count). The van der Waals surface area contributed by atoms with E-state index in [9.17, 15) is 8.42 Å². The largest absolute Gasteiger partial charge is 0.369 e. The number of hydrogen-bond donors (Lipinski definition) is 1. The van der Waals surface area contributed by atoms with Crippen molar-refractivity contribution in [3.63, 3.8) is 0 Å². The molecule has 0 saturated carbocycles. The second kappa shape index (κ2) is 6.14. The Kier molecular flexibility index (Phi) is 4.70. The molecule has 0 radical (unpaired) electrons. The van der Waals surface area contributed by atoms with Gasteiger partial charge in [0.15, 0.2) is 9.84 Å². The summed E-state index contributed by atoms with van der Waals surface area (Å²) in [5, 5.41) is 0. The summed E-state index contributed by atoms with van der Waals surface area (Å²) in [6.07, 6.45) is 1.79. The van der Waals surface area contributed by atoms with Crippen molar-refractivity contribution in [3.05, 3.63) is 29.3 Å². The van der Waals surface area contributed by atoms with Crippen molar-refractivity contribution in [2.75, 3.05) is 29.5 Å². The highest BCUT2D eigenvalue weighted by atomic mass is 32.2. The SMILES string of the molecule is CCC(N)Cc1cc(C)ccc1N1CCS(=O)(=O)CC1. The molecule has 1 heterocycles. The van der Waals surface area contributed by atoms with Gasteiger partial charge in [0.2, 0.25) is 0 Å². The van der Waals surface area contributed by atoms with E-state index in [2.05, 4.69) is 36.9 Å². The van der Waals surface area contributed by atoms with Crippen LogP contribution < -0.4 is 10.6 Å². The molecule has 1 aromatic rings. The molecular formula is C15H24N2O2S. The first-order valence-electron chi connectivity index (χ1n) is 7.22. The lowest BCUT2D eigenvalue weighted by molar-refractivity contribution is 0.586. The smallest absolute Gasteiger partial charge is 0.153 e. The Morgan fingerprint density at radius 2 is 1.95 bits per heavy atom. The van der Waals surface area contributed by atoms with Crippen LogP contribution in [0.15, 0.2) is 18.2 Å². The third kappa shape index (κ3) is 3.73. The zero-order valence-electron chi connectivity index (χ0n) is 12.3. The molecule has 0 aliphatic carbocycles. The van der Waals surface area contributed by atoms with Gasteiger partial charge in [-0.1, -0.05) is 24.6 Å². The Morgan fingerprint density at radius 3 is 2.55 bits per heavy atom. The molecule has 2 N–H and O–H groups in total. The summed E-state index contributed by atoms with van der Waals surface area (Å²) in [6, 6.07) is 6.52. The number of nitrogens with zero attached hydrogens (tertiary/aromatic N) is 1. The molecule has 0 spiro atoms. The average Bonchev–Trinajstić information content (AvgIpc) is 2.39. The number of aryl methyl sites for hydroxylation is 1. The van der Waals surface area contributed by atoms with E-state index in [4.69, 9.17) is 5.73 Å². The molecule has 1 aliphatic heterocycles. The molecule has 0 bridgehead atoms. The summed E-state index contributed by atoms with van der Waals surface area (Å²) in [5.41, 5.74) is 9.68. The van der Waals surface area contributed by atoms with Crippen molar-refractivity contribution in [1.82, 2.24) is 0 Å². The highest BCUT2D eigenvalue weighted by Gasteiger charge is 2.23. The van der Waals surface area contributed by atoms with Crippen molar-refractivity contribution in [2.45, 2.75) is 32.7 Å². The fourth-order valence-electron chi connectivity index (χ4n) is 2.57. The first-order chi connectivity index (χ1) is 9.41. The third-order valence-electron chi connectivity index (χ3n) is 3.93. The van der Waals surface area contributed by atoms with Crippen LogP contribution in [-0.4, -0.2) is 39.1 Å². The lowest BCUT2D eigenvalue weighted by atomic mass is 10.00. The number of anilines is 1. The van der Waals surface area contributed by atoms with Crippen molar-refractivity contribution in [3.8, 4) is 0 Å². The van der Waals surface area contributed by atoms with Crippen LogP contribution in [0.1, 0.15) is 24.5 Å². The normalized spacial score (nSPS) is 19.9. The van der Waals surface area contributed by atoms with Crippen LogP contribution >= 0.6 is 0 Å². The van der Waals surface area contributed by atoms with Crippen LogP contribution in [0.4, 0.5) is 5.69 Å². The Morgan fingerprint density at radius 1 is 1.30 bits per heavy atom. The van der Waals surface area contributed by atoms with Crippen LogP contribution in [0, 0.1) is 6.92 Å². The van der Waals surface area contributed by atoms with E-state index in [1.807, 2.05) is 0 Å². The average molecular weight is 296 g/mol. The van der Waals surface area contributed by atoms with E-state index in [1.54, 1.807) is 0 Å². The van der Waals surface area contributed by atoms with E-state index >= 15 is 0 Å².